The molecule has 0 aliphatic carbocycles. The lowest BCUT2D eigenvalue weighted by Crippen LogP contribution is -1.81. The molecule has 0 N–H and O–H groups in total. The zero-order chi connectivity index (χ0) is 11.4. The van der Waals surface area contributed by atoms with Crippen molar-refractivity contribution in [1.82, 2.24) is 0 Å². The quantitative estimate of drug-likeness (QED) is 0.728. The normalized spacial score (nSPS) is 10.4. The molecule has 0 saturated heterocycles. The highest BCUT2D eigenvalue weighted by atomic mass is 79.9. The van der Waals surface area contributed by atoms with E-state index >= 15 is 0 Å². The van der Waals surface area contributed by atoms with Gasteiger partial charge in [0.1, 0.15) is 5.82 Å². The number of hydrogen-bond donors (Lipinski definition) is 0. The second-order valence-electron chi connectivity index (χ2n) is 3.37. The lowest BCUT2D eigenvalue weighted by molar-refractivity contribution is 0.624. The van der Waals surface area contributed by atoms with E-state index in [9.17, 15) is 4.39 Å². The van der Waals surface area contributed by atoms with Crippen LogP contribution in [-0.2, 0) is 5.75 Å². The molecule has 0 aromatic heterocycles. The molecule has 0 bridgehead atoms. The molecule has 3 heteroatoms. The molecule has 0 fully saturated rings. The molecule has 0 aliphatic rings. The minimum atomic E-state index is -0.180. The van der Waals surface area contributed by atoms with Gasteiger partial charge in [-0.1, -0.05) is 34.1 Å². The number of hydrogen-bond acceptors (Lipinski definition) is 1. The predicted octanol–water partition coefficient (Wildman–Crippen LogP) is 4.88. The van der Waals surface area contributed by atoms with Gasteiger partial charge in [0.2, 0.25) is 0 Å². The fourth-order valence-electron chi connectivity index (χ4n) is 1.30. The van der Waals surface area contributed by atoms with Gasteiger partial charge in [0.15, 0.2) is 0 Å². The maximum atomic E-state index is 12.9. The summed E-state index contributed by atoms with van der Waals surface area (Å²) >= 11 is 5.03. The Kier molecular flexibility index (Phi) is 4.02. The molecule has 82 valence electrons. The van der Waals surface area contributed by atoms with E-state index in [1.165, 1.54) is 11.6 Å². The Morgan fingerprint density at radius 1 is 1.06 bits per heavy atom. The minimum absolute atomic E-state index is 0.180. The van der Waals surface area contributed by atoms with Gasteiger partial charge in [-0.2, -0.15) is 0 Å². The molecule has 0 heterocycles. The summed E-state index contributed by atoms with van der Waals surface area (Å²) in [4.78, 5) is 0.961. The van der Waals surface area contributed by atoms with Crippen LogP contribution < -0.4 is 0 Å². The van der Waals surface area contributed by atoms with Crippen LogP contribution in [0.5, 0.6) is 0 Å². The maximum Gasteiger partial charge on any atom is 0.124 e. The molecule has 0 amide bonds. The largest absolute Gasteiger partial charge is 0.207 e. The third-order valence-corrected chi connectivity index (χ3v) is 3.71. The molecule has 0 spiro atoms. The minimum Gasteiger partial charge on any atom is -0.207 e. The van der Waals surface area contributed by atoms with E-state index < -0.39 is 0 Å². The van der Waals surface area contributed by atoms with Crippen molar-refractivity contribution in [3.63, 3.8) is 0 Å². The summed E-state index contributed by atoms with van der Waals surface area (Å²) in [5, 5.41) is 0. The molecule has 0 atom stereocenters. The van der Waals surface area contributed by atoms with Gasteiger partial charge in [0.05, 0.1) is 0 Å². The molecule has 0 unspecified atom stereocenters. The molecule has 2 aromatic rings. The van der Waals surface area contributed by atoms with Crippen molar-refractivity contribution < 1.29 is 4.39 Å². The first-order chi connectivity index (χ1) is 7.74. The second-order valence-corrected chi connectivity index (χ2v) is 5.34. The number of benzene rings is 2. The lowest BCUT2D eigenvalue weighted by Gasteiger charge is -2.02. The van der Waals surface area contributed by atoms with Crippen LogP contribution >= 0.6 is 27.7 Å². The Morgan fingerprint density at radius 2 is 1.81 bits per heavy atom. The summed E-state index contributed by atoms with van der Waals surface area (Å²) in [5.74, 6) is 0.678. The third-order valence-electron chi connectivity index (χ3n) is 2.11. The summed E-state index contributed by atoms with van der Waals surface area (Å²) in [7, 11) is 0. The third kappa shape index (κ3) is 3.35. The van der Waals surface area contributed by atoms with Crippen molar-refractivity contribution in [2.24, 2.45) is 0 Å². The second kappa shape index (κ2) is 5.51. The summed E-state index contributed by atoms with van der Waals surface area (Å²) in [6, 6.07) is 14.8. The predicted molar refractivity (Wildman–Crippen MR) is 70.1 cm³/mol. The van der Waals surface area contributed by atoms with Crippen molar-refractivity contribution in [1.29, 1.82) is 0 Å². The van der Waals surface area contributed by atoms with E-state index in [0.717, 1.165) is 15.1 Å². The van der Waals surface area contributed by atoms with E-state index in [1.807, 2.05) is 18.2 Å². The lowest BCUT2D eigenvalue weighted by atomic mass is 10.2. The molecule has 2 aromatic carbocycles. The highest BCUT2D eigenvalue weighted by Gasteiger charge is 1.98. The number of halogens is 2. The van der Waals surface area contributed by atoms with Gasteiger partial charge >= 0.3 is 0 Å². The standard InChI is InChI=1S/C13H10BrFS/c14-11-6-4-10(5-7-11)9-16-13-3-1-2-12(15)8-13/h1-8H,9H2. The Hall–Kier alpha value is -0.800. The van der Waals surface area contributed by atoms with Crippen molar-refractivity contribution in [3.8, 4) is 0 Å². The summed E-state index contributed by atoms with van der Waals surface area (Å²) in [6.07, 6.45) is 0. The van der Waals surface area contributed by atoms with E-state index in [1.54, 1.807) is 23.9 Å². The molecule has 0 aliphatic heterocycles. The van der Waals surface area contributed by atoms with E-state index in [-0.39, 0.29) is 5.82 Å². The van der Waals surface area contributed by atoms with Gasteiger partial charge in [-0.3, -0.25) is 0 Å². The maximum absolute atomic E-state index is 12.9. The summed E-state index contributed by atoms with van der Waals surface area (Å²) in [5.41, 5.74) is 1.23. The number of rotatable bonds is 3. The molecule has 2 rings (SSSR count). The average Bonchev–Trinajstić information content (AvgIpc) is 2.28. The first-order valence-electron chi connectivity index (χ1n) is 4.87. The Labute approximate surface area is 107 Å². The molecule has 0 nitrogen and oxygen atoms in total. The van der Waals surface area contributed by atoms with Gasteiger partial charge in [-0.15, -0.1) is 11.8 Å². The smallest absolute Gasteiger partial charge is 0.124 e. The van der Waals surface area contributed by atoms with Crippen LogP contribution in [0.4, 0.5) is 4.39 Å². The van der Waals surface area contributed by atoms with Gasteiger partial charge < -0.3 is 0 Å². The van der Waals surface area contributed by atoms with Crippen LogP contribution in [0.3, 0.4) is 0 Å². The van der Waals surface area contributed by atoms with E-state index in [2.05, 4.69) is 28.1 Å². The fourth-order valence-corrected chi connectivity index (χ4v) is 2.46. The first kappa shape index (κ1) is 11.7. The summed E-state index contributed by atoms with van der Waals surface area (Å²) < 4.78 is 14.0. The van der Waals surface area contributed by atoms with Gasteiger partial charge in [0, 0.05) is 15.1 Å². The molecule has 0 radical (unpaired) electrons. The molecule has 0 saturated carbocycles. The molecular formula is C13H10BrFS. The van der Waals surface area contributed by atoms with Gasteiger partial charge in [0.25, 0.3) is 0 Å². The highest BCUT2D eigenvalue weighted by molar-refractivity contribution is 9.10. The van der Waals surface area contributed by atoms with Crippen LogP contribution in [0.2, 0.25) is 0 Å². The highest BCUT2D eigenvalue weighted by Crippen LogP contribution is 2.23. The molecule has 16 heavy (non-hydrogen) atoms. The number of thioether (sulfide) groups is 1. The fraction of sp³-hybridized carbons (Fsp3) is 0.0769. The first-order valence-corrected chi connectivity index (χ1v) is 6.65. The van der Waals surface area contributed by atoms with E-state index in [4.69, 9.17) is 0 Å². The zero-order valence-electron chi connectivity index (χ0n) is 8.49. The van der Waals surface area contributed by atoms with Crippen LogP contribution in [0.1, 0.15) is 5.56 Å². The Balaban J connectivity index is 1.99. The van der Waals surface area contributed by atoms with Crippen LogP contribution in [0, 0.1) is 5.82 Å². The molecular weight excluding hydrogens is 287 g/mol. The van der Waals surface area contributed by atoms with Crippen LogP contribution in [0.15, 0.2) is 57.9 Å². The summed E-state index contributed by atoms with van der Waals surface area (Å²) in [6.45, 7) is 0. The van der Waals surface area contributed by atoms with Crippen LogP contribution in [-0.4, -0.2) is 0 Å². The van der Waals surface area contributed by atoms with Crippen molar-refractivity contribution in [2.75, 3.05) is 0 Å². The van der Waals surface area contributed by atoms with Crippen molar-refractivity contribution in [2.45, 2.75) is 10.6 Å². The monoisotopic (exact) mass is 296 g/mol. The van der Waals surface area contributed by atoms with Crippen LogP contribution in [0.25, 0.3) is 0 Å². The van der Waals surface area contributed by atoms with E-state index in [0.29, 0.717) is 0 Å². The SMILES string of the molecule is Fc1cccc(SCc2ccc(Br)cc2)c1. The van der Waals surface area contributed by atoms with Crippen molar-refractivity contribution >= 4 is 27.7 Å². The Bertz CT molecular complexity index is 468. The average molecular weight is 297 g/mol. The van der Waals surface area contributed by atoms with Gasteiger partial charge in [-0.05, 0) is 35.9 Å². The Morgan fingerprint density at radius 3 is 2.50 bits per heavy atom. The zero-order valence-corrected chi connectivity index (χ0v) is 10.9. The van der Waals surface area contributed by atoms with Gasteiger partial charge in [-0.25, -0.2) is 4.39 Å². The topological polar surface area (TPSA) is 0 Å². The van der Waals surface area contributed by atoms with Crippen molar-refractivity contribution in [3.05, 3.63) is 64.4 Å².